The predicted octanol–water partition coefficient (Wildman–Crippen LogP) is 1.08. The molecule has 4 heteroatoms. The van der Waals surface area contributed by atoms with Crippen molar-refractivity contribution in [2.75, 3.05) is 13.1 Å². The molecule has 1 saturated heterocycles. The van der Waals surface area contributed by atoms with Gasteiger partial charge >= 0.3 is 6.03 Å². The monoisotopic (exact) mass is 212 g/mol. The summed E-state index contributed by atoms with van der Waals surface area (Å²) in [5.41, 5.74) is 4.57. The largest absolute Gasteiger partial charge is 0.388 e. The smallest absolute Gasteiger partial charge is 0.314 e. The van der Waals surface area contributed by atoms with Crippen LogP contribution in [0.5, 0.6) is 0 Å². The van der Waals surface area contributed by atoms with Gasteiger partial charge in [0.1, 0.15) is 0 Å². The molecule has 2 rings (SSSR count). The summed E-state index contributed by atoms with van der Waals surface area (Å²) >= 11 is 0. The van der Waals surface area contributed by atoms with Crippen molar-refractivity contribution in [2.45, 2.75) is 44.1 Å². The Labute approximate surface area is 90.4 Å². The van der Waals surface area contributed by atoms with Crippen LogP contribution in [0.4, 0.5) is 4.79 Å². The predicted molar refractivity (Wildman–Crippen MR) is 57.3 cm³/mol. The summed E-state index contributed by atoms with van der Waals surface area (Å²) in [7, 11) is 0. The van der Waals surface area contributed by atoms with Gasteiger partial charge < -0.3 is 15.7 Å². The zero-order valence-corrected chi connectivity index (χ0v) is 9.11. The molecular weight excluding hydrogens is 192 g/mol. The summed E-state index contributed by atoms with van der Waals surface area (Å²) in [6, 6.07) is -0.401. The average molecular weight is 212 g/mol. The first kappa shape index (κ1) is 10.7. The van der Waals surface area contributed by atoms with Crippen molar-refractivity contribution < 1.29 is 9.90 Å². The van der Waals surface area contributed by atoms with Gasteiger partial charge in [-0.15, -0.1) is 0 Å². The fraction of sp³-hybridized carbons (Fsp3) is 0.909. The Kier molecular flexibility index (Phi) is 2.87. The van der Waals surface area contributed by atoms with Gasteiger partial charge in [-0.25, -0.2) is 4.79 Å². The Hall–Kier alpha value is -0.770. The average Bonchev–Trinajstić information content (AvgIpc) is 2.64. The third-order valence-electron chi connectivity index (χ3n) is 3.96. The Morgan fingerprint density at radius 2 is 2.00 bits per heavy atom. The lowest BCUT2D eigenvalue weighted by molar-refractivity contribution is -0.0208. The number of β-amino-alcohol motifs (C(OH)–C–C–N with tert-alkyl or cyclic N) is 1. The SMILES string of the molecule is NC(=O)N1CCC(O)(C2CCCCC2)C1. The van der Waals surface area contributed by atoms with Crippen LogP contribution in [0.1, 0.15) is 38.5 Å². The minimum absolute atomic E-state index is 0.371. The number of carbonyl (C=O) groups is 1. The van der Waals surface area contributed by atoms with Crippen LogP contribution in [-0.4, -0.2) is 34.7 Å². The maximum atomic E-state index is 11.0. The number of likely N-dealkylation sites (tertiary alicyclic amines) is 1. The van der Waals surface area contributed by atoms with E-state index in [0.29, 0.717) is 25.4 Å². The normalized spacial score (nSPS) is 33.3. The molecule has 0 aromatic carbocycles. The molecule has 1 atom stereocenters. The highest BCUT2D eigenvalue weighted by Crippen LogP contribution is 2.38. The second kappa shape index (κ2) is 4.00. The van der Waals surface area contributed by atoms with Crippen LogP contribution in [0.25, 0.3) is 0 Å². The minimum Gasteiger partial charge on any atom is -0.388 e. The lowest BCUT2D eigenvalue weighted by atomic mass is 9.76. The summed E-state index contributed by atoms with van der Waals surface area (Å²) in [5, 5.41) is 10.5. The number of hydrogen-bond acceptors (Lipinski definition) is 2. The topological polar surface area (TPSA) is 66.6 Å². The number of rotatable bonds is 1. The van der Waals surface area contributed by atoms with Crippen molar-refractivity contribution in [3.05, 3.63) is 0 Å². The van der Waals surface area contributed by atoms with Gasteiger partial charge in [0.2, 0.25) is 0 Å². The Morgan fingerprint density at radius 1 is 1.33 bits per heavy atom. The summed E-state index contributed by atoms with van der Waals surface area (Å²) in [4.78, 5) is 12.6. The number of amides is 2. The van der Waals surface area contributed by atoms with E-state index in [1.807, 2.05) is 0 Å². The van der Waals surface area contributed by atoms with Gasteiger partial charge in [-0.1, -0.05) is 19.3 Å². The Balaban J connectivity index is 1.98. The fourth-order valence-corrected chi connectivity index (χ4v) is 2.98. The van der Waals surface area contributed by atoms with E-state index in [2.05, 4.69) is 0 Å². The number of nitrogens with zero attached hydrogens (tertiary/aromatic N) is 1. The summed E-state index contributed by atoms with van der Waals surface area (Å²) in [6.07, 6.45) is 6.60. The van der Waals surface area contributed by atoms with E-state index in [9.17, 15) is 9.90 Å². The third-order valence-corrected chi connectivity index (χ3v) is 3.96. The molecule has 1 heterocycles. The molecule has 1 unspecified atom stereocenters. The molecule has 0 radical (unpaired) electrons. The zero-order chi connectivity index (χ0) is 10.9. The molecular formula is C11H20N2O2. The molecule has 15 heavy (non-hydrogen) atoms. The van der Waals surface area contributed by atoms with Crippen molar-refractivity contribution in [1.29, 1.82) is 0 Å². The zero-order valence-electron chi connectivity index (χ0n) is 9.11. The Bertz CT molecular complexity index is 251. The lowest BCUT2D eigenvalue weighted by Crippen LogP contribution is -2.44. The van der Waals surface area contributed by atoms with Gasteiger partial charge in [-0.2, -0.15) is 0 Å². The van der Waals surface area contributed by atoms with Crippen LogP contribution in [0.3, 0.4) is 0 Å². The van der Waals surface area contributed by atoms with Crippen molar-refractivity contribution in [1.82, 2.24) is 4.90 Å². The molecule has 0 spiro atoms. The van der Waals surface area contributed by atoms with E-state index < -0.39 is 11.6 Å². The van der Waals surface area contributed by atoms with Crippen LogP contribution in [-0.2, 0) is 0 Å². The van der Waals surface area contributed by atoms with Crippen LogP contribution >= 0.6 is 0 Å². The molecule has 2 fully saturated rings. The fourth-order valence-electron chi connectivity index (χ4n) is 2.98. The molecule has 1 aliphatic heterocycles. The van der Waals surface area contributed by atoms with Gasteiger partial charge in [-0.05, 0) is 25.2 Å². The van der Waals surface area contributed by atoms with Gasteiger partial charge in [0.25, 0.3) is 0 Å². The van der Waals surface area contributed by atoms with Crippen molar-refractivity contribution in [2.24, 2.45) is 11.7 Å². The van der Waals surface area contributed by atoms with Gasteiger partial charge in [-0.3, -0.25) is 0 Å². The van der Waals surface area contributed by atoms with Crippen LogP contribution in [0.15, 0.2) is 0 Å². The molecule has 1 saturated carbocycles. The molecule has 2 amide bonds. The molecule has 86 valence electrons. The first-order chi connectivity index (χ1) is 7.12. The van der Waals surface area contributed by atoms with Crippen molar-refractivity contribution in [3.8, 4) is 0 Å². The minimum atomic E-state index is -0.657. The Morgan fingerprint density at radius 3 is 2.53 bits per heavy atom. The maximum Gasteiger partial charge on any atom is 0.314 e. The van der Waals surface area contributed by atoms with E-state index in [1.165, 1.54) is 19.3 Å². The van der Waals surface area contributed by atoms with Crippen LogP contribution in [0.2, 0.25) is 0 Å². The molecule has 4 nitrogen and oxygen atoms in total. The van der Waals surface area contributed by atoms with Crippen molar-refractivity contribution in [3.63, 3.8) is 0 Å². The third kappa shape index (κ3) is 2.09. The molecule has 0 aromatic heterocycles. The second-order valence-corrected chi connectivity index (χ2v) is 4.95. The number of carbonyl (C=O) groups excluding carboxylic acids is 1. The van der Waals surface area contributed by atoms with Crippen molar-refractivity contribution >= 4 is 6.03 Å². The van der Waals surface area contributed by atoms with Gasteiger partial charge in [0.05, 0.1) is 12.1 Å². The highest BCUT2D eigenvalue weighted by atomic mass is 16.3. The first-order valence-corrected chi connectivity index (χ1v) is 5.88. The summed E-state index contributed by atoms with van der Waals surface area (Å²) < 4.78 is 0. The first-order valence-electron chi connectivity index (χ1n) is 5.88. The molecule has 1 aliphatic carbocycles. The molecule has 2 aliphatic rings. The molecule has 0 bridgehead atoms. The highest BCUT2D eigenvalue weighted by molar-refractivity contribution is 5.72. The highest BCUT2D eigenvalue weighted by Gasteiger charge is 2.43. The molecule has 0 aromatic rings. The standard InChI is InChI=1S/C11H20N2O2/c12-10(14)13-7-6-11(15,8-13)9-4-2-1-3-5-9/h9,15H,1-8H2,(H2,12,14). The second-order valence-electron chi connectivity index (χ2n) is 4.95. The van der Waals surface area contributed by atoms with E-state index in [1.54, 1.807) is 4.90 Å². The van der Waals surface area contributed by atoms with Crippen LogP contribution < -0.4 is 5.73 Å². The number of nitrogens with two attached hydrogens (primary N) is 1. The van der Waals surface area contributed by atoms with Crippen LogP contribution in [0, 0.1) is 5.92 Å². The summed E-state index contributed by atoms with van der Waals surface area (Å²) in [6.45, 7) is 1.05. The van der Waals surface area contributed by atoms with E-state index in [0.717, 1.165) is 12.8 Å². The molecule has 3 N–H and O–H groups in total. The number of hydrogen-bond donors (Lipinski definition) is 2. The van der Waals surface area contributed by atoms with E-state index in [4.69, 9.17) is 5.73 Å². The summed E-state index contributed by atoms with van der Waals surface area (Å²) in [5.74, 6) is 0.371. The van der Waals surface area contributed by atoms with E-state index in [-0.39, 0.29) is 0 Å². The number of primary amides is 1. The van der Waals surface area contributed by atoms with Gasteiger partial charge in [0.15, 0.2) is 0 Å². The maximum absolute atomic E-state index is 11.0. The van der Waals surface area contributed by atoms with E-state index >= 15 is 0 Å². The quantitative estimate of drug-likeness (QED) is 0.683. The number of urea groups is 1. The van der Waals surface area contributed by atoms with Gasteiger partial charge in [0, 0.05) is 6.54 Å². The lowest BCUT2D eigenvalue weighted by Gasteiger charge is -2.35. The number of aliphatic hydroxyl groups is 1.